The molecule has 2 fully saturated rings. The van der Waals surface area contributed by atoms with Crippen LogP contribution in [0.4, 0.5) is 0 Å². The molecule has 2 saturated heterocycles. The summed E-state index contributed by atoms with van der Waals surface area (Å²) in [6.45, 7) is 2.92. The maximum absolute atomic E-state index is 12.7. The number of rotatable bonds is 3. The Bertz CT molecular complexity index is 803. The zero-order valence-corrected chi connectivity index (χ0v) is 15.9. The second kappa shape index (κ2) is 7.32. The van der Waals surface area contributed by atoms with Gasteiger partial charge in [0.1, 0.15) is 0 Å². The van der Waals surface area contributed by atoms with Gasteiger partial charge in [-0.3, -0.25) is 14.6 Å². The Morgan fingerprint density at radius 3 is 2.42 bits per heavy atom. The number of carbonyl (C=O) groups excluding carboxylic acids is 2. The van der Waals surface area contributed by atoms with E-state index < -0.39 is 9.84 Å². The lowest BCUT2D eigenvalue weighted by atomic mass is 10.1. The molecule has 0 bridgehead atoms. The lowest BCUT2D eigenvalue weighted by Crippen LogP contribution is -2.47. The van der Waals surface area contributed by atoms with Crippen LogP contribution >= 0.6 is 0 Å². The third-order valence-corrected chi connectivity index (χ3v) is 6.85. The minimum atomic E-state index is -3.07. The predicted octanol–water partition coefficient (Wildman–Crippen LogP) is -0.272. The molecule has 0 spiro atoms. The van der Waals surface area contributed by atoms with E-state index in [0.29, 0.717) is 30.6 Å². The van der Waals surface area contributed by atoms with Crippen molar-refractivity contribution >= 4 is 21.7 Å². The maximum atomic E-state index is 12.7. The van der Waals surface area contributed by atoms with Crippen LogP contribution in [0.1, 0.15) is 27.1 Å². The molecule has 0 saturated carbocycles. The van der Waals surface area contributed by atoms with E-state index in [0.717, 1.165) is 13.1 Å². The minimum Gasteiger partial charge on any atom is -0.338 e. The highest BCUT2D eigenvalue weighted by molar-refractivity contribution is 7.91. The van der Waals surface area contributed by atoms with Gasteiger partial charge in [-0.25, -0.2) is 8.42 Å². The molecule has 3 rings (SSSR count). The summed E-state index contributed by atoms with van der Waals surface area (Å²) in [5, 5.41) is 0. The fraction of sp³-hybridized carbons (Fsp3) is 0.588. The van der Waals surface area contributed by atoms with Gasteiger partial charge in [-0.15, -0.1) is 0 Å². The number of pyridine rings is 1. The maximum Gasteiger partial charge on any atom is 0.255 e. The third kappa shape index (κ3) is 4.04. The molecule has 26 heavy (non-hydrogen) atoms. The van der Waals surface area contributed by atoms with Gasteiger partial charge in [-0.1, -0.05) is 0 Å². The fourth-order valence-corrected chi connectivity index (χ4v) is 5.09. The number of sulfone groups is 1. The summed E-state index contributed by atoms with van der Waals surface area (Å²) in [6.07, 6.45) is 3.33. The van der Waals surface area contributed by atoms with Crippen molar-refractivity contribution in [1.82, 2.24) is 19.7 Å². The third-order valence-electron chi connectivity index (χ3n) is 5.10. The molecule has 2 aliphatic rings. The number of hydrogen-bond acceptors (Lipinski definition) is 6. The molecule has 1 atom stereocenters. The van der Waals surface area contributed by atoms with Crippen LogP contribution in [-0.4, -0.2) is 97.7 Å². The molecule has 0 aliphatic carbocycles. The van der Waals surface area contributed by atoms with Crippen LogP contribution in [0, 0.1) is 0 Å². The molecule has 1 unspecified atom stereocenters. The van der Waals surface area contributed by atoms with E-state index in [-0.39, 0.29) is 29.4 Å². The molecule has 1 aromatic heterocycles. The van der Waals surface area contributed by atoms with E-state index in [9.17, 15) is 18.0 Å². The van der Waals surface area contributed by atoms with Gasteiger partial charge in [0.15, 0.2) is 9.84 Å². The standard InChI is InChI=1S/C17H24N4O4S/c1-19-4-6-21(7-5-19)17(23)14-9-13(10-18-11-14)16(22)20(2)15-3-8-26(24,25)12-15/h9-11,15H,3-8,12H2,1-2H3. The smallest absolute Gasteiger partial charge is 0.255 e. The summed E-state index contributed by atoms with van der Waals surface area (Å²) in [7, 11) is 0.544. The molecular weight excluding hydrogens is 356 g/mol. The monoisotopic (exact) mass is 380 g/mol. The number of amides is 2. The van der Waals surface area contributed by atoms with E-state index in [2.05, 4.69) is 9.88 Å². The quantitative estimate of drug-likeness (QED) is 0.717. The van der Waals surface area contributed by atoms with Crippen molar-refractivity contribution in [3.8, 4) is 0 Å². The highest BCUT2D eigenvalue weighted by atomic mass is 32.2. The molecule has 142 valence electrons. The second-order valence-electron chi connectivity index (χ2n) is 7.03. The summed E-state index contributed by atoms with van der Waals surface area (Å²) in [6, 6.07) is 1.22. The lowest BCUT2D eigenvalue weighted by molar-refractivity contribution is 0.0663. The Labute approximate surface area is 153 Å². The predicted molar refractivity (Wildman–Crippen MR) is 96.8 cm³/mol. The van der Waals surface area contributed by atoms with Crippen molar-refractivity contribution in [2.75, 3.05) is 51.8 Å². The van der Waals surface area contributed by atoms with Crippen molar-refractivity contribution < 1.29 is 18.0 Å². The molecule has 2 amide bonds. The molecule has 2 aliphatic heterocycles. The van der Waals surface area contributed by atoms with Gasteiger partial charge >= 0.3 is 0 Å². The summed E-state index contributed by atoms with van der Waals surface area (Å²) in [5.74, 6) is -0.350. The summed E-state index contributed by atoms with van der Waals surface area (Å²) < 4.78 is 23.3. The Hall–Kier alpha value is -2.00. The Kier molecular flexibility index (Phi) is 5.29. The second-order valence-corrected chi connectivity index (χ2v) is 9.26. The average molecular weight is 380 g/mol. The van der Waals surface area contributed by atoms with E-state index in [1.165, 1.54) is 17.3 Å². The van der Waals surface area contributed by atoms with Crippen molar-refractivity contribution in [3.05, 3.63) is 29.6 Å². The zero-order valence-electron chi connectivity index (χ0n) is 15.1. The SMILES string of the molecule is CN1CCN(C(=O)c2cncc(C(=O)N(C)C3CCS(=O)(=O)C3)c2)CC1. The molecule has 0 N–H and O–H groups in total. The van der Waals surface area contributed by atoms with E-state index in [1.54, 1.807) is 18.0 Å². The van der Waals surface area contributed by atoms with Crippen molar-refractivity contribution in [3.63, 3.8) is 0 Å². The molecule has 9 heteroatoms. The number of hydrogen-bond donors (Lipinski definition) is 0. The largest absolute Gasteiger partial charge is 0.338 e. The average Bonchev–Trinajstić information content (AvgIpc) is 3.00. The summed E-state index contributed by atoms with van der Waals surface area (Å²) in [4.78, 5) is 34.8. The van der Waals surface area contributed by atoms with Gasteiger partial charge in [0.25, 0.3) is 11.8 Å². The molecule has 3 heterocycles. The van der Waals surface area contributed by atoms with Crippen LogP contribution in [0.2, 0.25) is 0 Å². The Morgan fingerprint density at radius 2 is 1.81 bits per heavy atom. The first-order valence-electron chi connectivity index (χ1n) is 8.67. The Balaban J connectivity index is 1.72. The molecule has 8 nitrogen and oxygen atoms in total. The van der Waals surface area contributed by atoms with Gasteiger partial charge in [0.05, 0.1) is 22.6 Å². The molecular formula is C17H24N4O4S. The van der Waals surface area contributed by atoms with Crippen LogP contribution in [0.25, 0.3) is 0 Å². The highest BCUT2D eigenvalue weighted by Crippen LogP contribution is 2.19. The number of aromatic nitrogens is 1. The van der Waals surface area contributed by atoms with Crippen LogP contribution < -0.4 is 0 Å². The van der Waals surface area contributed by atoms with Crippen LogP contribution in [0.15, 0.2) is 18.5 Å². The zero-order chi connectivity index (χ0) is 18.9. The van der Waals surface area contributed by atoms with Gasteiger partial charge < -0.3 is 14.7 Å². The van der Waals surface area contributed by atoms with Gasteiger partial charge in [0.2, 0.25) is 0 Å². The van der Waals surface area contributed by atoms with Crippen molar-refractivity contribution in [2.24, 2.45) is 0 Å². The normalized spacial score (nSPS) is 23.0. The summed E-state index contributed by atoms with van der Waals surface area (Å²) >= 11 is 0. The van der Waals surface area contributed by atoms with Crippen molar-refractivity contribution in [1.29, 1.82) is 0 Å². The molecule has 0 radical (unpaired) electrons. The van der Waals surface area contributed by atoms with Crippen molar-refractivity contribution in [2.45, 2.75) is 12.5 Å². The van der Waals surface area contributed by atoms with E-state index >= 15 is 0 Å². The first kappa shape index (κ1) is 18.8. The van der Waals surface area contributed by atoms with E-state index in [4.69, 9.17) is 0 Å². The number of likely N-dealkylation sites (N-methyl/N-ethyl adjacent to an activating group) is 1. The highest BCUT2D eigenvalue weighted by Gasteiger charge is 2.33. The number of carbonyl (C=O) groups is 2. The van der Waals surface area contributed by atoms with Crippen LogP contribution in [0.3, 0.4) is 0 Å². The van der Waals surface area contributed by atoms with Gasteiger partial charge in [-0.2, -0.15) is 0 Å². The molecule has 0 aromatic carbocycles. The molecule has 1 aromatic rings. The number of piperazine rings is 1. The van der Waals surface area contributed by atoms with Gasteiger partial charge in [-0.05, 0) is 19.5 Å². The fourth-order valence-electron chi connectivity index (χ4n) is 3.32. The van der Waals surface area contributed by atoms with Crippen LogP contribution in [-0.2, 0) is 9.84 Å². The van der Waals surface area contributed by atoms with Gasteiger partial charge in [0, 0.05) is 51.7 Å². The first-order chi connectivity index (χ1) is 12.3. The Morgan fingerprint density at radius 1 is 1.15 bits per heavy atom. The topological polar surface area (TPSA) is 90.9 Å². The first-order valence-corrected chi connectivity index (χ1v) is 10.5. The minimum absolute atomic E-state index is 0.0113. The van der Waals surface area contributed by atoms with E-state index in [1.807, 2.05) is 7.05 Å². The summed E-state index contributed by atoms with van der Waals surface area (Å²) in [5.41, 5.74) is 0.685. The lowest BCUT2D eigenvalue weighted by Gasteiger charge is -2.32. The number of nitrogens with zero attached hydrogens (tertiary/aromatic N) is 4. The van der Waals surface area contributed by atoms with Crippen LogP contribution in [0.5, 0.6) is 0 Å².